The van der Waals surface area contributed by atoms with Crippen molar-refractivity contribution in [3.05, 3.63) is 119 Å². The molecule has 1 aromatic heterocycles. The van der Waals surface area contributed by atoms with Gasteiger partial charge in [0.25, 0.3) is 0 Å². The number of para-hydroxylation sites is 3. The number of rotatable bonds is 6. The molecule has 0 saturated heterocycles. The van der Waals surface area contributed by atoms with E-state index in [1.807, 2.05) is 29.8 Å². The summed E-state index contributed by atoms with van der Waals surface area (Å²) in [7, 11) is 4.33. The standard InChI is InChI=1S/C36H41N4OPS/c1-9-41-34-33(25(2)37-40(34)26-17-11-10-12-18-26)42(43,23-31-35(3,4)27-19-13-15-21-29(27)38(31)7)24-32-36(5,6)28-20-14-16-22-30(28)39(32)8/h10-24H,9H2,1-8H3/b31-23-,32-24+. The van der Waals surface area contributed by atoms with Gasteiger partial charge in [-0.2, -0.15) is 5.10 Å². The van der Waals surface area contributed by atoms with E-state index in [1.165, 1.54) is 33.9 Å². The maximum Gasteiger partial charge on any atom is 0.226 e. The van der Waals surface area contributed by atoms with E-state index in [2.05, 4.69) is 131 Å². The van der Waals surface area contributed by atoms with Crippen molar-refractivity contribution in [2.75, 3.05) is 30.5 Å². The predicted molar refractivity (Wildman–Crippen MR) is 185 cm³/mol. The van der Waals surface area contributed by atoms with Crippen molar-refractivity contribution >= 4 is 34.5 Å². The van der Waals surface area contributed by atoms with Gasteiger partial charge in [-0.1, -0.05) is 94.1 Å². The summed E-state index contributed by atoms with van der Waals surface area (Å²) in [6.07, 6.45) is 0. The van der Waals surface area contributed by atoms with Gasteiger partial charge in [-0.05, 0) is 60.9 Å². The van der Waals surface area contributed by atoms with E-state index in [0.717, 1.165) is 22.6 Å². The van der Waals surface area contributed by atoms with Crippen molar-refractivity contribution in [1.29, 1.82) is 0 Å². The number of fused-ring (bicyclic) bond motifs is 2. The topological polar surface area (TPSA) is 33.5 Å². The van der Waals surface area contributed by atoms with Crippen LogP contribution >= 0.6 is 6.04 Å². The molecule has 43 heavy (non-hydrogen) atoms. The minimum absolute atomic E-state index is 0.219. The minimum atomic E-state index is -2.65. The molecule has 6 rings (SSSR count). The lowest BCUT2D eigenvalue weighted by molar-refractivity contribution is 0.319. The first-order valence-corrected chi connectivity index (χ1v) is 17.9. The van der Waals surface area contributed by atoms with Gasteiger partial charge in [0.15, 0.2) is 0 Å². The van der Waals surface area contributed by atoms with E-state index >= 15 is 0 Å². The molecule has 0 N–H and O–H groups in total. The molecule has 0 bridgehead atoms. The van der Waals surface area contributed by atoms with E-state index in [0.29, 0.717) is 6.61 Å². The van der Waals surface area contributed by atoms with Crippen molar-refractivity contribution < 1.29 is 4.74 Å². The quantitative estimate of drug-likeness (QED) is 0.206. The van der Waals surface area contributed by atoms with E-state index in [9.17, 15) is 0 Å². The fourth-order valence-electron chi connectivity index (χ4n) is 6.90. The number of ether oxygens (including phenoxy) is 1. The van der Waals surface area contributed by atoms with Crippen LogP contribution in [0.25, 0.3) is 5.69 Å². The van der Waals surface area contributed by atoms with Crippen molar-refractivity contribution in [2.45, 2.75) is 52.4 Å². The maximum atomic E-state index is 7.00. The number of aryl methyl sites for hydroxylation is 1. The molecule has 1 atom stereocenters. The van der Waals surface area contributed by atoms with Gasteiger partial charge in [-0.25, -0.2) is 4.68 Å². The van der Waals surface area contributed by atoms with E-state index in [1.54, 1.807) is 0 Å². The molecule has 3 aromatic carbocycles. The molecule has 0 saturated carbocycles. The largest absolute Gasteiger partial charge is 0.477 e. The number of anilines is 2. The molecule has 2 aliphatic heterocycles. The molecule has 0 radical (unpaired) electrons. The Morgan fingerprint density at radius 3 is 1.70 bits per heavy atom. The van der Waals surface area contributed by atoms with Gasteiger partial charge < -0.3 is 14.5 Å². The van der Waals surface area contributed by atoms with Crippen LogP contribution in [0.1, 0.15) is 51.4 Å². The van der Waals surface area contributed by atoms with Crippen LogP contribution in [0.15, 0.2) is 102 Å². The molecule has 0 spiro atoms. The van der Waals surface area contributed by atoms with Gasteiger partial charge in [-0.3, -0.25) is 0 Å². The third-order valence-corrected chi connectivity index (χ3v) is 12.8. The van der Waals surface area contributed by atoms with Crippen LogP contribution in [-0.4, -0.2) is 30.5 Å². The first-order valence-electron chi connectivity index (χ1n) is 14.9. The number of hydrogen-bond acceptors (Lipinski definition) is 5. The average molecular weight is 609 g/mol. The Bertz CT molecular complexity index is 1730. The lowest BCUT2D eigenvalue weighted by Gasteiger charge is -2.30. The van der Waals surface area contributed by atoms with Crippen molar-refractivity contribution in [3.8, 4) is 11.6 Å². The average Bonchev–Trinajstić information content (AvgIpc) is 3.50. The summed E-state index contributed by atoms with van der Waals surface area (Å²) >= 11 is 7.00. The Morgan fingerprint density at radius 2 is 1.23 bits per heavy atom. The minimum Gasteiger partial charge on any atom is -0.477 e. The van der Waals surface area contributed by atoms with Gasteiger partial charge in [0, 0.05) is 53.7 Å². The van der Waals surface area contributed by atoms with Crippen LogP contribution in [0, 0.1) is 6.92 Å². The molecule has 7 heteroatoms. The number of aromatic nitrogens is 2. The van der Waals surface area contributed by atoms with Crippen LogP contribution in [0.2, 0.25) is 0 Å². The van der Waals surface area contributed by atoms with Crippen LogP contribution in [0.3, 0.4) is 0 Å². The Hall–Kier alpha value is -3.60. The normalized spacial score (nSPS) is 19.9. The lowest BCUT2D eigenvalue weighted by atomic mass is 9.84. The van der Waals surface area contributed by atoms with E-state index in [4.69, 9.17) is 21.6 Å². The number of benzene rings is 3. The fourth-order valence-corrected chi connectivity index (χ4v) is 11.2. The first-order chi connectivity index (χ1) is 20.4. The highest BCUT2D eigenvalue weighted by Crippen LogP contribution is 2.60. The molecule has 1 unspecified atom stereocenters. The fraction of sp³-hybridized carbons (Fsp3) is 0.306. The summed E-state index contributed by atoms with van der Waals surface area (Å²) in [5, 5.41) is 6.08. The molecule has 0 fully saturated rings. The summed E-state index contributed by atoms with van der Waals surface area (Å²) in [6, 6.07) is 24.9. The highest BCUT2D eigenvalue weighted by atomic mass is 32.4. The van der Waals surface area contributed by atoms with Gasteiger partial charge in [0.1, 0.15) is 0 Å². The van der Waals surface area contributed by atoms with Gasteiger partial charge in [0.05, 0.1) is 23.3 Å². The van der Waals surface area contributed by atoms with Crippen LogP contribution in [0.5, 0.6) is 5.88 Å². The van der Waals surface area contributed by atoms with Crippen LogP contribution in [-0.2, 0) is 22.6 Å². The van der Waals surface area contributed by atoms with Gasteiger partial charge in [0.2, 0.25) is 5.88 Å². The third kappa shape index (κ3) is 4.58. The summed E-state index contributed by atoms with van der Waals surface area (Å²) in [6.45, 7) is 13.8. The molecule has 0 aliphatic carbocycles. The monoisotopic (exact) mass is 608 g/mol. The van der Waals surface area contributed by atoms with Crippen molar-refractivity contribution in [3.63, 3.8) is 0 Å². The Morgan fingerprint density at radius 1 is 0.767 bits per heavy atom. The Labute approximate surface area is 261 Å². The summed E-state index contributed by atoms with van der Waals surface area (Å²) in [5.74, 6) is 5.52. The maximum absolute atomic E-state index is 7.00. The summed E-state index contributed by atoms with van der Waals surface area (Å²) in [4.78, 5) is 4.65. The zero-order valence-corrected chi connectivity index (χ0v) is 28.1. The number of nitrogens with zero attached hydrogens (tertiary/aromatic N) is 4. The molecular formula is C36H41N4OPS. The second-order valence-electron chi connectivity index (χ2n) is 12.6. The second-order valence-corrected chi connectivity index (χ2v) is 16.8. The zero-order valence-electron chi connectivity index (χ0n) is 26.4. The molecule has 4 aromatic rings. The molecule has 5 nitrogen and oxygen atoms in total. The third-order valence-electron chi connectivity index (χ3n) is 9.13. The second kappa shape index (κ2) is 10.5. The van der Waals surface area contributed by atoms with Crippen molar-refractivity contribution in [2.24, 2.45) is 0 Å². The highest BCUT2D eigenvalue weighted by Gasteiger charge is 2.43. The zero-order chi connectivity index (χ0) is 30.7. The molecule has 0 amide bonds. The highest BCUT2D eigenvalue weighted by molar-refractivity contribution is 8.21. The van der Waals surface area contributed by atoms with E-state index < -0.39 is 6.04 Å². The van der Waals surface area contributed by atoms with Gasteiger partial charge >= 0.3 is 0 Å². The van der Waals surface area contributed by atoms with E-state index in [-0.39, 0.29) is 10.8 Å². The van der Waals surface area contributed by atoms with Crippen LogP contribution in [0.4, 0.5) is 11.4 Å². The smallest absolute Gasteiger partial charge is 0.226 e. The number of hydrogen-bond donors (Lipinski definition) is 0. The molecule has 222 valence electrons. The summed E-state index contributed by atoms with van der Waals surface area (Å²) in [5.41, 5.74) is 8.90. The Balaban J connectivity index is 1.65. The van der Waals surface area contributed by atoms with Crippen LogP contribution < -0.4 is 19.8 Å². The summed E-state index contributed by atoms with van der Waals surface area (Å²) < 4.78 is 8.41. The molecular weight excluding hydrogens is 567 g/mol. The number of allylic oxidation sites excluding steroid dienone is 2. The number of likely N-dealkylation sites (N-methyl/N-ethyl adjacent to an activating group) is 2. The predicted octanol–water partition coefficient (Wildman–Crippen LogP) is 8.22. The Kier molecular flexibility index (Phi) is 7.22. The molecule has 2 aliphatic rings. The SMILES string of the molecule is CCOc1c(P(=S)(/C=C2\N(C)c3ccccc3C2(C)C)/C=C2/N(C)c3ccccc3C2(C)C)c(C)nn1-c1ccccc1. The lowest BCUT2D eigenvalue weighted by Crippen LogP contribution is -2.25. The first kappa shape index (κ1) is 29.5. The van der Waals surface area contributed by atoms with Gasteiger partial charge in [-0.15, -0.1) is 0 Å². The van der Waals surface area contributed by atoms with Crippen molar-refractivity contribution in [1.82, 2.24) is 9.78 Å². The molecule has 3 heterocycles.